The Morgan fingerprint density at radius 3 is 2.88 bits per heavy atom. The van der Waals surface area contributed by atoms with E-state index in [9.17, 15) is 10.1 Å². The molecule has 174 valence electrons. The summed E-state index contributed by atoms with van der Waals surface area (Å²) in [6.45, 7) is 6.08. The number of aromatic nitrogens is 2. The zero-order valence-corrected chi connectivity index (χ0v) is 19.4. The summed E-state index contributed by atoms with van der Waals surface area (Å²) in [5.41, 5.74) is 3.93. The van der Waals surface area contributed by atoms with E-state index in [0.29, 0.717) is 24.5 Å². The monoisotopic (exact) mass is 457 g/mol. The number of nitriles is 1. The fourth-order valence-corrected chi connectivity index (χ4v) is 4.73. The number of anilines is 1. The Labute approximate surface area is 197 Å². The quantitative estimate of drug-likeness (QED) is 0.455. The van der Waals surface area contributed by atoms with Crippen molar-refractivity contribution in [1.29, 1.82) is 5.26 Å². The number of carbonyl (C=O) groups is 1. The highest BCUT2D eigenvalue weighted by Gasteiger charge is 2.27. The van der Waals surface area contributed by atoms with Crippen molar-refractivity contribution in [1.82, 2.24) is 14.5 Å². The topological polar surface area (TPSA) is 100 Å². The molecule has 1 atom stereocenters. The van der Waals surface area contributed by atoms with Gasteiger partial charge in [0.05, 0.1) is 24.9 Å². The molecule has 1 aromatic carbocycles. The smallest absolute Gasteiger partial charge is 0.239 e. The van der Waals surface area contributed by atoms with Gasteiger partial charge in [0.1, 0.15) is 23.2 Å². The number of nitrogens with one attached hydrogen (secondary N) is 1. The van der Waals surface area contributed by atoms with Gasteiger partial charge in [-0.15, -0.1) is 0 Å². The number of nitrogens with zero attached hydrogens (tertiary/aromatic N) is 4. The summed E-state index contributed by atoms with van der Waals surface area (Å²) < 4.78 is 13.4. The molecule has 0 saturated carbocycles. The summed E-state index contributed by atoms with van der Waals surface area (Å²) in [7, 11) is 0. The first-order valence-corrected chi connectivity index (χ1v) is 11.5. The first-order chi connectivity index (χ1) is 16.5. The fraction of sp³-hybridized carbons (Fsp3) is 0.346. The molecule has 1 saturated heterocycles. The Bertz CT molecular complexity index is 1330. The van der Waals surface area contributed by atoms with Gasteiger partial charge in [-0.25, -0.2) is 4.98 Å². The van der Waals surface area contributed by atoms with Gasteiger partial charge in [-0.1, -0.05) is 12.1 Å². The summed E-state index contributed by atoms with van der Waals surface area (Å²) in [6.07, 6.45) is 3.56. The molecule has 4 aromatic rings. The van der Waals surface area contributed by atoms with Crippen LogP contribution in [0.4, 0.5) is 5.82 Å². The van der Waals surface area contributed by atoms with Crippen molar-refractivity contribution >= 4 is 22.8 Å². The van der Waals surface area contributed by atoms with Gasteiger partial charge < -0.3 is 18.7 Å². The molecule has 0 aliphatic carbocycles. The molecule has 0 bridgehead atoms. The van der Waals surface area contributed by atoms with Crippen LogP contribution in [-0.4, -0.2) is 40.0 Å². The van der Waals surface area contributed by atoms with E-state index in [1.807, 2.05) is 54.8 Å². The average Bonchev–Trinajstić information content (AvgIpc) is 3.55. The van der Waals surface area contributed by atoms with Crippen LogP contribution in [0.15, 0.2) is 51.5 Å². The second-order valence-corrected chi connectivity index (χ2v) is 8.85. The normalized spacial score (nSPS) is 16.6. The predicted octanol–water partition coefficient (Wildman–Crippen LogP) is 4.58. The Balaban J connectivity index is 1.30. The number of para-hydroxylation sites is 2. The summed E-state index contributed by atoms with van der Waals surface area (Å²) in [5.74, 6) is 2.02. The molecule has 5 rings (SSSR count). The minimum absolute atomic E-state index is 0.145. The van der Waals surface area contributed by atoms with Crippen LogP contribution in [0.1, 0.15) is 47.2 Å². The van der Waals surface area contributed by atoms with E-state index >= 15 is 0 Å². The second kappa shape index (κ2) is 9.20. The SMILES string of the molecule is Cc1c(C#N)c(NC(=O)CN2CCCC(c3nc4ccccc4o3)C2)n(Cc2ccco2)c1C. The third-order valence-electron chi connectivity index (χ3n) is 6.63. The number of carbonyl (C=O) groups excluding carboxylic acids is 1. The number of amides is 1. The molecule has 1 fully saturated rings. The molecule has 8 nitrogen and oxygen atoms in total. The first-order valence-electron chi connectivity index (χ1n) is 11.5. The molecule has 34 heavy (non-hydrogen) atoms. The van der Waals surface area contributed by atoms with Crippen LogP contribution in [0.25, 0.3) is 11.1 Å². The molecular weight excluding hydrogens is 430 g/mol. The molecule has 8 heteroatoms. The van der Waals surface area contributed by atoms with E-state index in [0.717, 1.165) is 53.4 Å². The van der Waals surface area contributed by atoms with Crippen molar-refractivity contribution in [2.24, 2.45) is 0 Å². The lowest BCUT2D eigenvalue weighted by atomic mass is 9.98. The van der Waals surface area contributed by atoms with Crippen LogP contribution in [0, 0.1) is 25.2 Å². The van der Waals surface area contributed by atoms with Crippen molar-refractivity contribution in [3.8, 4) is 6.07 Å². The summed E-state index contributed by atoms with van der Waals surface area (Å²) in [4.78, 5) is 19.9. The fourth-order valence-electron chi connectivity index (χ4n) is 4.73. The van der Waals surface area contributed by atoms with Gasteiger partial charge in [0.2, 0.25) is 5.91 Å². The van der Waals surface area contributed by atoms with Crippen LogP contribution in [0.5, 0.6) is 0 Å². The zero-order chi connectivity index (χ0) is 23.7. The number of rotatable bonds is 6. The number of fused-ring (bicyclic) bond motifs is 1. The molecular formula is C26H27N5O3. The van der Waals surface area contributed by atoms with Crippen molar-refractivity contribution < 1.29 is 13.6 Å². The maximum atomic E-state index is 13.1. The zero-order valence-electron chi connectivity index (χ0n) is 19.4. The third kappa shape index (κ3) is 4.22. The Hall–Kier alpha value is -3.83. The number of likely N-dealkylation sites (tertiary alicyclic amines) is 1. The molecule has 0 spiro atoms. The van der Waals surface area contributed by atoms with E-state index in [-0.39, 0.29) is 18.4 Å². The van der Waals surface area contributed by atoms with Crippen molar-refractivity contribution in [2.45, 2.75) is 39.2 Å². The summed E-state index contributed by atoms with van der Waals surface area (Å²) in [6, 6.07) is 13.7. The van der Waals surface area contributed by atoms with Crippen molar-refractivity contribution in [3.05, 3.63) is 71.1 Å². The summed E-state index contributed by atoms with van der Waals surface area (Å²) in [5, 5.41) is 12.8. The van der Waals surface area contributed by atoms with Crippen LogP contribution in [-0.2, 0) is 11.3 Å². The second-order valence-electron chi connectivity index (χ2n) is 8.85. The van der Waals surface area contributed by atoms with Crippen LogP contribution in [0.2, 0.25) is 0 Å². The summed E-state index contributed by atoms with van der Waals surface area (Å²) >= 11 is 0. The van der Waals surface area contributed by atoms with Gasteiger partial charge in [-0.3, -0.25) is 9.69 Å². The van der Waals surface area contributed by atoms with Crippen molar-refractivity contribution in [3.63, 3.8) is 0 Å². The number of furan rings is 1. The van der Waals surface area contributed by atoms with Gasteiger partial charge in [-0.05, 0) is 63.1 Å². The number of oxazole rings is 1. The largest absolute Gasteiger partial charge is 0.467 e. The molecule has 4 heterocycles. The van der Waals surface area contributed by atoms with Crippen LogP contribution >= 0.6 is 0 Å². The minimum atomic E-state index is -0.145. The molecule has 1 unspecified atom stereocenters. The molecule has 1 aliphatic heterocycles. The highest BCUT2D eigenvalue weighted by molar-refractivity contribution is 5.93. The highest BCUT2D eigenvalue weighted by Crippen LogP contribution is 2.30. The molecule has 1 amide bonds. The molecule has 1 aliphatic rings. The van der Waals surface area contributed by atoms with E-state index in [1.54, 1.807) is 6.26 Å². The maximum absolute atomic E-state index is 13.1. The van der Waals surface area contributed by atoms with E-state index in [1.165, 1.54) is 0 Å². The number of hydrogen-bond donors (Lipinski definition) is 1. The molecule has 0 radical (unpaired) electrons. The maximum Gasteiger partial charge on any atom is 0.239 e. The lowest BCUT2D eigenvalue weighted by Gasteiger charge is -2.30. The molecule has 3 aromatic heterocycles. The first kappa shape index (κ1) is 22.0. The van der Waals surface area contributed by atoms with Crippen LogP contribution in [0.3, 0.4) is 0 Å². The number of piperidine rings is 1. The van der Waals surface area contributed by atoms with Gasteiger partial charge in [0, 0.05) is 18.2 Å². The standard InChI is InChI=1S/C26H27N5O3/c1-17-18(2)31(15-20-8-6-12-33-20)25(21(17)13-27)29-24(32)16-30-11-5-7-19(14-30)26-28-22-9-3-4-10-23(22)34-26/h3-4,6,8-10,12,19H,5,7,11,14-16H2,1-2H3,(H,29,32). The van der Waals surface area contributed by atoms with Crippen molar-refractivity contribution in [2.75, 3.05) is 25.0 Å². The predicted molar refractivity (Wildman–Crippen MR) is 127 cm³/mol. The van der Waals surface area contributed by atoms with Crippen LogP contribution < -0.4 is 5.32 Å². The van der Waals surface area contributed by atoms with E-state index in [2.05, 4.69) is 21.3 Å². The number of hydrogen-bond acceptors (Lipinski definition) is 6. The van der Waals surface area contributed by atoms with Gasteiger partial charge in [-0.2, -0.15) is 5.26 Å². The lowest BCUT2D eigenvalue weighted by molar-refractivity contribution is -0.117. The number of benzene rings is 1. The van der Waals surface area contributed by atoms with Gasteiger partial charge in [0.15, 0.2) is 11.5 Å². The Kier molecular flexibility index (Phi) is 5.95. The Morgan fingerprint density at radius 1 is 1.26 bits per heavy atom. The third-order valence-corrected chi connectivity index (χ3v) is 6.63. The highest BCUT2D eigenvalue weighted by atomic mass is 16.3. The molecule has 1 N–H and O–H groups in total. The van der Waals surface area contributed by atoms with E-state index < -0.39 is 0 Å². The van der Waals surface area contributed by atoms with Gasteiger partial charge >= 0.3 is 0 Å². The van der Waals surface area contributed by atoms with E-state index in [4.69, 9.17) is 8.83 Å². The lowest BCUT2D eigenvalue weighted by Crippen LogP contribution is -2.40. The Morgan fingerprint density at radius 2 is 2.12 bits per heavy atom. The average molecular weight is 458 g/mol. The minimum Gasteiger partial charge on any atom is -0.467 e. The van der Waals surface area contributed by atoms with Gasteiger partial charge in [0.25, 0.3) is 0 Å².